The van der Waals surface area contributed by atoms with Gasteiger partial charge in [0.1, 0.15) is 17.5 Å². The monoisotopic (exact) mass is 525 g/mol. The highest BCUT2D eigenvalue weighted by Crippen LogP contribution is 2.28. The molecule has 0 radical (unpaired) electrons. The average Bonchev–Trinajstić information content (AvgIpc) is 2.86. The molecule has 3 aromatic rings. The molecule has 0 saturated heterocycles. The quantitative estimate of drug-likeness (QED) is 0.274. The minimum atomic E-state index is -3.78. The molecule has 0 aliphatic heterocycles. The maximum atomic E-state index is 12.8. The Bertz CT molecular complexity index is 1310. The predicted molar refractivity (Wildman–Crippen MR) is 144 cm³/mol. The van der Waals surface area contributed by atoms with Crippen molar-refractivity contribution < 1.29 is 27.4 Å². The molecule has 3 rings (SSSR count). The number of hydrazone groups is 1. The molecule has 1 atom stereocenters. The zero-order valence-electron chi connectivity index (χ0n) is 21.2. The van der Waals surface area contributed by atoms with Gasteiger partial charge in [0.15, 0.2) is 11.5 Å². The first-order chi connectivity index (χ1) is 17.7. The first-order valence-electron chi connectivity index (χ1n) is 11.8. The molecular formula is C27H31N3O6S. The second-order valence-electron chi connectivity index (χ2n) is 7.95. The fourth-order valence-corrected chi connectivity index (χ4v) is 4.68. The van der Waals surface area contributed by atoms with Crippen LogP contribution in [0.15, 0.2) is 77.9 Å². The minimum absolute atomic E-state index is 0.322. The molecule has 10 heteroatoms. The first kappa shape index (κ1) is 27.5. The van der Waals surface area contributed by atoms with E-state index in [1.54, 1.807) is 42.5 Å². The van der Waals surface area contributed by atoms with Gasteiger partial charge in [0.25, 0.3) is 5.91 Å². The second-order valence-corrected chi connectivity index (χ2v) is 9.81. The van der Waals surface area contributed by atoms with Gasteiger partial charge >= 0.3 is 0 Å². The number of sulfonamides is 1. The average molecular weight is 526 g/mol. The van der Waals surface area contributed by atoms with Crippen LogP contribution in [0.2, 0.25) is 0 Å². The number of anilines is 1. The van der Waals surface area contributed by atoms with Gasteiger partial charge in [-0.15, -0.1) is 0 Å². The number of hydrogen-bond donors (Lipinski definition) is 1. The summed E-state index contributed by atoms with van der Waals surface area (Å²) in [5.74, 6) is 1.77. The highest BCUT2D eigenvalue weighted by Gasteiger charge is 2.29. The third-order valence-electron chi connectivity index (χ3n) is 5.11. The molecule has 0 bridgehead atoms. The number of nitrogens with zero attached hydrogens (tertiary/aromatic N) is 2. The number of ether oxygens (including phenoxy) is 3. The first-order valence-corrected chi connectivity index (χ1v) is 13.6. The fourth-order valence-electron chi connectivity index (χ4n) is 3.51. The van der Waals surface area contributed by atoms with Crippen molar-refractivity contribution in [3.05, 3.63) is 78.4 Å². The van der Waals surface area contributed by atoms with Crippen LogP contribution in [0.1, 0.15) is 26.3 Å². The van der Waals surface area contributed by atoms with E-state index in [9.17, 15) is 13.2 Å². The van der Waals surface area contributed by atoms with Gasteiger partial charge in [-0.3, -0.25) is 9.10 Å². The number of hydrogen-bond acceptors (Lipinski definition) is 7. The van der Waals surface area contributed by atoms with Gasteiger partial charge < -0.3 is 14.2 Å². The van der Waals surface area contributed by atoms with Crippen LogP contribution >= 0.6 is 0 Å². The standard InChI is InChI=1S/C27H31N3O6S/c1-5-34-25-17-12-21(18-26(25)35-6-2)19-28-29-27(31)20(3)30(37(4,32)33)22-13-15-24(16-14-22)36-23-10-8-7-9-11-23/h7-20H,5-6H2,1-4H3,(H,29,31)/b28-19-/t20-/m1/s1. The van der Waals surface area contributed by atoms with E-state index < -0.39 is 22.0 Å². The van der Waals surface area contributed by atoms with Crippen molar-refractivity contribution in [2.24, 2.45) is 5.10 Å². The number of nitrogens with one attached hydrogen (secondary N) is 1. The number of amides is 1. The minimum Gasteiger partial charge on any atom is -0.490 e. The number of carbonyl (C=O) groups excluding carboxylic acids is 1. The summed E-state index contributed by atoms with van der Waals surface area (Å²) in [5.41, 5.74) is 3.41. The van der Waals surface area contributed by atoms with E-state index in [1.165, 1.54) is 13.1 Å². The summed E-state index contributed by atoms with van der Waals surface area (Å²) in [6, 6.07) is 19.9. The molecule has 0 aliphatic carbocycles. The highest BCUT2D eigenvalue weighted by atomic mass is 32.2. The summed E-state index contributed by atoms with van der Waals surface area (Å²) in [6.07, 6.45) is 2.49. The van der Waals surface area contributed by atoms with Gasteiger partial charge in [0.05, 0.1) is 31.4 Å². The summed E-state index contributed by atoms with van der Waals surface area (Å²) in [5, 5.41) is 4.00. The Morgan fingerprint density at radius 2 is 1.57 bits per heavy atom. The van der Waals surface area contributed by atoms with Crippen molar-refractivity contribution in [2.75, 3.05) is 23.8 Å². The molecule has 1 amide bonds. The van der Waals surface area contributed by atoms with Crippen molar-refractivity contribution in [2.45, 2.75) is 26.8 Å². The number of para-hydroxylation sites is 1. The second kappa shape index (κ2) is 12.8. The van der Waals surface area contributed by atoms with Crippen LogP contribution in [0.5, 0.6) is 23.0 Å². The molecule has 0 aromatic heterocycles. The van der Waals surface area contributed by atoms with Gasteiger partial charge in [-0.05, 0) is 80.9 Å². The van der Waals surface area contributed by atoms with Crippen molar-refractivity contribution in [1.82, 2.24) is 5.43 Å². The van der Waals surface area contributed by atoms with Crippen LogP contribution in [-0.2, 0) is 14.8 Å². The van der Waals surface area contributed by atoms with E-state index >= 15 is 0 Å². The van der Waals surface area contributed by atoms with Crippen LogP contribution in [0.25, 0.3) is 0 Å². The van der Waals surface area contributed by atoms with Crippen LogP contribution < -0.4 is 23.9 Å². The van der Waals surface area contributed by atoms with E-state index in [-0.39, 0.29) is 0 Å². The summed E-state index contributed by atoms with van der Waals surface area (Å²) < 4.78 is 43.1. The van der Waals surface area contributed by atoms with E-state index in [1.807, 2.05) is 44.2 Å². The third-order valence-corrected chi connectivity index (χ3v) is 6.36. The zero-order chi connectivity index (χ0) is 26.8. The van der Waals surface area contributed by atoms with Gasteiger partial charge in [0, 0.05) is 0 Å². The predicted octanol–water partition coefficient (Wildman–Crippen LogP) is 4.58. The Balaban J connectivity index is 1.71. The van der Waals surface area contributed by atoms with Crippen molar-refractivity contribution in [1.29, 1.82) is 0 Å². The Hall–Kier alpha value is -4.05. The van der Waals surface area contributed by atoms with Crippen LogP contribution in [-0.4, -0.2) is 46.1 Å². The normalized spacial score (nSPS) is 12.1. The Labute approximate surface area is 217 Å². The lowest BCUT2D eigenvalue weighted by Crippen LogP contribution is -2.46. The van der Waals surface area contributed by atoms with Gasteiger partial charge in [-0.1, -0.05) is 18.2 Å². The zero-order valence-corrected chi connectivity index (χ0v) is 22.1. The van der Waals surface area contributed by atoms with Crippen molar-refractivity contribution in [3.63, 3.8) is 0 Å². The van der Waals surface area contributed by atoms with Gasteiger partial charge in [-0.2, -0.15) is 5.10 Å². The fraction of sp³-hybridized carbons (Fsp3) is 0.259. The van der Waals surface area contributed by atoms with Gasteiger partial charge in [-0.25, -0.2) is 13.8 Å². The Morgan fingerprint density at radius 1 is 0.946 bits per heavy atom. The summed E-state index contributed by atoms with van der Waals surface area (Å²) >= 11 is 0. The van der Waals surface area contributed by atoms with Crippen molar-refractivity contribution >= 4 is 27.8 Å². The lowest BCUT2D eigenvalue weighted by molar-refractivity contribution is -0.121. The summed E-state index contributed by atoms with van der Waals surface area (Å²) in [6.45, 7) is 6.21. The number of benzene rings is 3. The molecule has 9 nitrogen and oxygen atoms in total. The molecule has 1 N–H and O–H groups in total. The molecule has 37 heavy (non-hydrogen) atoms. The molecule has 196 valence electrons. The summed E-state index contributed by atoms with van der Waals surface area (Å²) in [7, 11) is -3.78. The van der Waals surface area contributed by atoms with E-state index in [4.69, 9.17) is 14.2 Å². The maximum Gasteiger partial charge on any atom is 0.263 e. The smallest absolute Gasteiger partial charge is 0.263 e. The molecule has 0 spiro atoms. The molecule has 0 fully saturated rings. The number of carbonyl (C=O) groups is 1. The molecule has 0 aliphatic rings. The maximum absolute atomic E-state index is 12.8. The summed E-state index contributed by atoms with van der Waals surface area (Å²) in [4.78, 5) is 12.8. The lowest BCUT2D eigenvalue weighted by atomic mass is 10.2. The Kier molecular flexibility index (Phi) is 9.51. The molecular weight excluding hydrogens is 494 g/mol. The molecule has 0 unspecified atom stereocenters. The van der Waals surface area contributed by atoms with Gasteiger partial charge in [0.2, 0.25) is 10.0 Å². The van der Waals surface area contributed by atoms with E-state index in [0.717, 1.165) is 10.6 Å². The van der Waals surface area contributed by atoms with Crippen LogP contribution in [0, 0.1) is 0 Å². The lowest BCUT2D eigenvalue weighted by Gasteiger charge is -2.27. The highest BCUT2D eigenvalue weighted by molar-refractivity contribution is 7.92. The van der Waals surface area contributed by atoms with E-state index in [0.29, 0.717) is 47.5 Å². The topological polar surface area (TPSA) is 107 Å². The Morgan fingerprint density at radius 3 is 2.19 bits per heavy atom. The molecule has 3 aromatic carbocycles. The number of rotatable bonds is 12. The van der Waals surface area contributed by atoms with E-state index in [2.05, 4.69) is 10.5 Å². The molecule has 0 saturated carbocycles. The largest absolute Gasteiger partial charge is 0.490 e. The SMILES string of the molecule is CCOc1ccc(/C=N\NC(=O)[C@@H](C)N(c2ccc(Oc3ccccc3)cc2)S(C)(=O)=O)cc1OCC. The van der Waals surface area contributed by atoms with Crippen LogP contribution in [0.4, 0.5) is 5.69 Å². The van der Waals surface area contributed by atoms with Crippen LogP contribution in [0.3, 0.4) is 0 Å². The van der Waals surface area contributed by atoms with Crippen molar-refractivity contribution in [3.8, 4) is 23.0 Å². The molecule has 0 heterocycles. The third kappa shape index (κ3) is 7.71.